The number of sulfone groups is 1. The number of fused-ring (bicyclic) bond motifs is 1. The topological polar surface area (TPSA) is 108 Å². The molecule has 0 spiro atoms. The number of nitrogens with one attached hydrogen (secondary N) is 1. The Labute approximate surface area is 172 Å². The maximum Gasteiger partial charge on any atom is 0.307 e. The molecule has 1 heterocycles. The number of carbonyl (C=O) groups is 2. The van der Waals surface area contributed by atoms with Gasteiger partial charge in [-0.15, -0.1) is 0 Å². The first kappa shape index (κ1) is 21.6. The summed E-state index contributed by atoms with van der Waals surface area (Å²) in [6.07, 6.45) is -0.427. The highest BCUT2D eigenvalue weighted by Crippen LogP contribution is 2.32. The Morgan fingerprint density at radius 2 is 1.83 bits per heavy atom. The van der Waals surface area contributed by atoms with E-state index in [1.807, 2.05) is 0 Å². The van der Waals surface area contributed by atoms with Crippen molar-refractivity contribution in [2.24, 2.45) is 0 Å². The van der Waals surface area contributed by atoms with Gasteiger partial charge >= 0.3 is 5.97 Å². The average Bonchev–Trinajstić information content (AvgIpc) is 2.73. The number of amides is 1. The minimum absolute atomic E-state index is 0.00121. The lowest BCUT2D eigenvalue weighted by molar-refractivity contribution is -0.146. The molecule has 1 aliphatic rings. The molecule has 8 nitrogen and oxygen atoms in total. The molecule has 2 aromatic carbocycles. The zero-order valence-corrected chi connectivity index (χ0v) is 17.0. The van der Waals surface area contributed by atoms with Gasteiger partial charge in [0.25, 0.3) is 5.91 Å². The number of halogens is 1. The number of carbonyl (C=O) groups excluding carboxylic acids is 2. The second-order valence-electron chi connectivity index (χ2n) is 6.55. The van der Waals surface area contributed by atoms with E-state index < -0.39 is 46.3 Å². The highest BCUT2D eigenvalue weighted by molar-refractivity contribution is 7.91. The van der Waals surface area contributed by atoms with Crippen LogP contribution in [0.15, 0.2) is 41.3 Å². The van der Waals surface area contributed by atoms with Gasteiger partial charge < -0.3 is 19.5 Å². The van der Waals surface area contributed by atoms with Gasteiger partial charge in [0, 0.05) is 11.8 Å². The van der Waals surface area contributed by atoms with Crippen LogP contribution in [0.2, 0.25) is 0 Å². The Balaban J connectivity index is 1.48. The summed E-state index contributed by atoms with van der Waals surface area (Å²) in [5.41, 5.74) is 0.652. The van der Waals surface area contributed by atoms with Crippen LogP contribution in [0.4, 0.5) is 10.1 Å². The van der Waals surface area contributed by atoms with Crippen LogP contribution < -0.4 is 14.8 Å². The summed E-state index contributed by atoms with van der Waals surface area (Å²) >= 11 is 0. The summed E-state index contributed by atoms with van der Waals surface area (Å²) in [7, 11) is -3.76. The minimum atomic E-state index is -3.76. The SMILES string of the molecule is Cc1ccc(NC(=O)COC(=O)CCS(=O)(=O)c2ccc3c(c2)OCCO3)cc1F. The lowest BCUT2D eigenvalue weighted by Crippen LogP contribution is -2.22. The second-order valence-corrected chi connectivity index (χ2v) is 8.66. The van der Waals surface area contributed by atoms with E-state index in [1.165, 1.54) is 30.3 Å². The fourth-order valence-electron chi connectivity index (χ4n) is 2.64. The highest BCUT2D eigenvalue weighted by Gasteiger charge is 2.21. The normalized spacial score (nSPS) is 12.9. The van der Waals surface area contributed by atoms with Crippen molar-refractivity contribution < 1.29 is 36.6 Å². The fourth-order valence-corrected chi connectivity index (χ4v) is 3.87. The van der Waals surface area contributed by atoms with Gasteiger partial charge in [0.15, 0.2) is 27.9 Å². The van der Waals surface area contributed by atoms with E-state index in [1.54, 1.807) is 6.92 Å². The molecule has 1 aliphatic heterocycles. The van der Waals surface area contributed by atoms with Gasteiger partial charge in [-0.2, -0.15) is 0 Å². The number of ether oxygens (including phenoxy) is 3. The predicted molar refractivity (Wildman–Crippen MR) is 105 cm³/mol. The van der Waals surface area contributed by atoms with Gasteiger partial charge in [-0.05, 0) is 36.8 Å². The first-order valence-corrected chi connectivity index (χ1v) is 10.7. The smallest absolute Gasteiger partial charge is 0.307 e. The van der Waals surface area contributed by atoms with Crippen LogP contribution in [0.5, 0.6) is 11.5 Å². The average molecular weight is 437 g/mol. The number of aryl methyl sites for hydroxylation is 1. The third kappa shape index (κ3) is 5.47. The van der Waals surface area contributed by atoms with Gasteiger partial charge in [0.1, 0.15) is 19.0 Å². The van der Waals surface area contributed by atoms with E-state index in [4.69, 9.17) is 14.2 Å². The number of esters is 1. The van der Waals surface area contributed by atoms with Gasteiger partial charge in [0.2, 0.25) is 0 Å². The van der Waals surface area contributed by atoms with Crippen LogP contribution in [-0.2, 0) is 24.2 Å². The first-order chi connectivity index (χ1) is 14.2. The number of anilines is 1. The third-order valence-corrected chi connectivity index (χ3v) is 5.98. The molecule has 0 fully saturated rings. The summed E-state index contributed by atoms with van der Waals surface area (Å²) in [6, 6.07) is 8.39. The van der Waals surface area contributed by atoms with Crippen LogP contribution in [0, 0.1) is 12.7 Å². The number of benzene rings is 2. The third-order valence-electron chi connectivity index (χ3n) is 4.27. The van der Waals surface area contributed by atoms with Crippen LogP contribution in [0.1, 0.15) is 12.0 Å². The molecule has 0 atom stereocenters. The Bertz CT molecular complexity index is 1070. The molecule has 3 rings (SSSR count). The van der Waals surface area contributed by atoms with Gasteiger partial charge in [0.05, 0.1) is 17.1 Å². The van der Waals surface area contributed by atoms with E-state index in [9.17, 15) is 22.4 Å². The van der Waals surface area contributed by atoms with Crippen molar-refractivity contribution in [1.29, 1.82) is 0 Å². The quantitative estimate of drug-likeness (QED) is 0.662. The molecule has 0 saturated carbocycles. The van der Waals surface area contributed by atoms with E-state index in [-0.39, 0.29) is 10.6 Å². The molecular formula is C20H20FNO7S. The van der Waals surface area contributed by atoms with Crippen LogP contribution >= 0.6 is 0 Å². The maximum atomic E-state index is 13.5. The van der Waals surface area contributed by atoms with E-state index in [0.717, 1.165) is 6.07 Å². The van der Waals surface area contributed by atoms with E-state index in [2.05, 4.69) is 5.32 Å². The number of hydrogen-bond acceptors (Lipinski definition) is 7. The molecular weight excluding hydrogens is 417 g/mol. The second kappa shape index (κ2) is 9.12. The Morgan fingerprint density at radius 3 is 2.57 bits per heavy atom. The molecule has 1 amide bonds. The molecule has 0 unspecified atom stereocenters. The van der Waals surface area contributed by atoms with Crippen molar-refractivity contribution in [3.63, 3.8) is 0 Å². The Hall–Kier alpha value is -3.14. The molecule has 0 saturated heterocycles. The van der Waals surface area contributed by atoms with Crippen molar-refractivity contribution in [2.75, 3.05) is 30.9 Å². The summed E-state index contributed by atoms with van der Waals surface area (Å²) in [5, 5.41) is 2.39. The zero-order valence-electron chi connectivity index (χ0n) is 16.1. The van der Waals surface area contributed by atoms with Crippen molar-refractivity contribution in [2.45, 2.75) is 18.2 Å². The molecule has 10 heteroatoms. The van der Waals surface area contributed by atoms with Crippen molar-refractivity contribution in [3.05, 3.63) is 47.8 Å². The lowest BCUT2D eigenvalue weighted by atomic mass is 10.2. The van der Waals surface area contributed by atoms with Crippen LogP contribution in [-0.4, -0.2) is 45.9 Å². The standard InChI is InChI=1S/C20H20FNO7S/c1-13-2-3-14(10-16(13)21)22-19(23)12-29-20(24)6-9-30(25,26)15-4-5-17-18(11-15)28-8-7-27-17/h2-5,10-11H,6-9,12H2,1H3,(H,22,23). The summed E-state index contributed by atoms with van der Waals surface area (Å²) in [4.78, 5) is 23.7. The largest absolute Gasteiger partial charge is 0.486 e. The van der Waals surface area contributed by atoms with Gasteiger partial charge in [-0.25, -0.2) is 12.8 Å². The fraction of sp³-hybridized carbons (Fsp3) is 0.300. The Kier molecular flexibility index (Phi) is 6.56. The summed E-state index contributed by atoms with van der Waals surface area (Å²) < 4.78 is 53.9. The monoisotopic (exact) mass is 437 g/mol. The van der Waals surface area contributed by atoms with Crippen LogP contribution in [0.25, 0.3) is 0 Å². The Morgan fingerprint density at radius 1 is 1.10 bits per heavy atom. The van der Waals surface area contributed by atoms with Crippen molar-refractivity contribution >= 4 is 27.4 Å². The van der Waals surface area contributed by atoms with Crippen LogP contribution in [0.3, 0.4) is 0 Å². The van der Waals surface area contributed by atoms with Gasteiger partial charge in [-0.1, -0.05) is 6.07 Å². The number of rotatable bonds is 7. The van der Waals surface area contributed by atoms with Gasteiger partial charge in [-0.3, -0.25) is 9.59 Å². The van der Waals surface area contributed by atoms with Crippen molar-refractivity contribution in [3.8, 4) is 11.5 Å². The summed E-state index contributed by atoms with van der Waals surface area (Å²) in [5.74, 6) is -1.69. The highest BCUT2D eigenvalue weighted by atomic mass is 32.2. The predicted octanol–water partition coefficient (Wildman–Crippen LogP) is 2.25. The molecule has 0 aliphatic carbocycles. The van der Waals surface area contributed by atoms with E-state index >= 15 is 0 Å². The first-order valence-electron chi connectivity index (χ1n) is 9.08. The molecule has 1 N–H and O–H groups in total. The van der Waals surface area contributed by atoms with E-state index in [0.29, 0.717) is 30.3 Å². The maximum absolute atomic E-state index is 13.5. The molecule has 2 aromatic rings. The van der Waals surface area contributed by atoms with Crippen molar-refractivity contribution in [1.82, 2.24) is 0 Å². The summed E-state index contributed by atoms with van der Waals surface area (Å²) in [6.45, 7) is 1.68. The lowest BCUT2D eigenvalue weighted by Gasteiger charge is -2.18. The minimum Gasteiger partial charge on any atom is -0.486 e. The molecule has 30 heavy (non-hydrogen) atoms. The molecule has 0 aromatic heterocycles. The zero-order chi connectivity index (χ0) is 21.7. The molecule has 0 bridgehead atoms. The number of hydrogen-bond donors (Lipinski definition) is 1. The molecule has 160 valence electrons. The molecule has 0 radical (unpaired) electrons.